The maximum atomic E-state index is 10.3. The molecule has 2 unspecified atom stereocenters. The van der Waals surface area contributed by atoms with Gasteiger partial charge in [0, 0.05) is 0 Å². The molecule has 0 aromatic carbocycles. The normalized spacial score (nSPS) is 37.9. The number of ether oxygens (including phenoxy) is 2. The van der Waals surface area contributed by atoms with Crippen LogP contribution in [0.1, 0.15) is 20.8 Å². The first-order chi connectivity index (χ1) is 4.55. The summed E-state index contributed by atoms with van der Waals surface area (Å²) in [7, 11) is 0. The highest BCUT2D eigenvalue weighted by molar-refractivity contribution is 5.57. The number of aldehydes is 1. The molecule has 0 N–H and O–H groups in total. The van der Waals surface area contributed by atoms with Gasteiger partial charge in [-0.05, 0) is 20.8 Å². The van der Waals surface area contributed by atoms with Gasteiger partial charge in [0.2, 0.25) is 0 Å². The van der Waals surface area contributed by atoms with Gasteiger partial charge in [0.15, 0.2) is 12.1 Å². The Hall–Kier alpha value is -0.410. The largest absolute Gasteiger partial charge is 0.344 e. The third-order valence-corrected chi connectivity index (χ3v) is 1.49. The molecule has 0 bridgehead atoms. The van der Waals surface area contributed by atoms with Crippen molar-refractivity contribution in [3.8, 4) is 0 Å². The van der Waals surface area contributed by atoms with Crippen LogP contribution in [0.4, 0.5) is 0 Å². The molecule has 1 aliphatic rings. The van der Waals surface area contributed by atoms with Crippen molar-refractivity contribution < 1.29 is 14.3 Å². The van der Waals surface area contributed by atoms with E-state index >= 15 is 0 Å². The molecule has 0 aliphatic carbocycles. The summed E-state index contributed by atoms with van der Waals surface area (Å²) in [5.41, 5.74) is 0. The lowest BCUT2D eigenvalue weighted by molar-refractivity contribution is -0.149. The molecule has 0 amide bonds. The second-order valence-electron chi connectivity index (χ2n) is 2.94. The Bertz CT molecular complexity index is 142. The molecule has 1 fully saturated rings. The molecular weight excluding hydrogens is 132 g/mol. The molecule has 0 aromatic rings. The van der Waals surface area contributed by atoms with Crippen LogP contribution in [0.3, 0.4) is 0 Å². The summed E-state index contributed by atoms with van der Waals surface area (Å²) in [6, 6.07) is 0. The summed E-state index contributed by atoms with van der Waals surface area (Å²) in [6.07, 6.45) is 0.266. The predicted molar refractivity (Wildman–Crippen MR) is 35.6 cm³/mol. The van der Waals surface area contributed by atoms with Crippen molar-refractivity contribution >= 4 is 6.29 Å². The fourth-order valence-corrected chi connectivity index (χ4v) is 1.10. The van der Waals surface area contributed by atoms with Gasteiger partial charge >= 0.3 is 0 Å². The van der Waals surface area contributed by atoms with Gasteiger partial charge in [0.1, 0.15) is 6.10 Å². The van der Waals surface area contributed by atoms with Crippen LogP contribution in [0.15, 0.2) is 0 Å². The number of rotatable bonds is 1. The Morgan fingerprint density at radius 1 is 1.40 bits per heavy atom. The van der Waals surface area contributed by atoms with Crippen molar-refractivity contribution in [2.45, 2.75) is 38.8 Å². The Balaban J connectivity index is 2.60. The molecule has 1 rings (SSSR count). The van der Waals surface area contributed by atoms with E-state index < -0.39 is 11.9 Å². The number of carbonyl (C=O) groups is 1. The first-order valence-corrected chi connectivity index (χ1v) is 3.36. The van der Waals surface area contributed by atoms with Gasteiger partial charge in [-0.15, -0.1) is 0 Å². The maximum Gasteiger partial charge on any atom is 0.164 e. The summed E-state index contributed by atoms with van der Waals surface area (Å²) >= 11 is 0. The van der Waals surface area contributed by atoms with Gasteiger partial charge < -0.3 is 14.3 Å². The Morgan fingerprint density at radius 2 is 2.00 bits per heavy atom. The lowest BCUT2D eigenvalue weighted by atomic mass is 10.3. The van der Waals surface area contributed by atoms with Crippen LogP contribution in [-0.4, -0.2) is 24.3 Å². The third-order valence-electron chi connectivity index (χ3n) is 1.49. The molecular formula is C7H12O3. The lowest BCUT2D eigenvalue weighted by Crippen LogP contribution is -2.22. The molecule has 10 heavy (non-hydrogen) atoms. The van der Waals surface area contributed by atoms with Crippen molar-refractivity contribution in [1.29, 1.82) is 0 Å². The minimum absolute atomic E-state index is 0.118. The molecule has 1 heterocycles. The molecule has 0 saturated carbocycles. The van der Waals surface area contributed by atoms with E-state index in [-0.39, 0.29) is 6.10 Å². The summed E-state index contributed by atoms with van der Waals surface area (Å²) in [6.45, 7) is 5.42. The van der Waals surface area contributed by atoms with E-state index in [0.717, 1.165) is 6.29 Å². The quantitative estimate of drug-likeness (QED) is 0.509. The van der Waals surface area contributed by atoms with E-state index in [1.54, 1.807) is 13.8 Å². The molecule has 0 radical (unpaired) electrons. The van der Waals surface area contributed by atoms with E-state index in [4.69, 9.17) is 9.47 Å². The maximum absolute atomic E-state index is 10.3. The predicted octanol–water partition coefficient (Wildman–Crippen LogP) is 0.725. The van der Waals surface area contributed by atoms with Crippen LogP contribution in [-0.2, 0) is 14.3 Å². The summed E-state index contributed by atoms with van der Waals surface area (Å²) < 4.78 is 10.5. The number of hydrogen-bond acceptors (Lipinski definition) is 3. The van der Waals surface area contributed by atoms with E-state index in [2.05, 4.69) is 0 Å². The van der Waals surface area contributed by atoms with Crippen LogP contribution >= 0.6 is 0 Å². The fourth-order valence-electron chi connectivity index (χ4n) is 1.10. The van der Waals surface area contributed by atoms with E-state index in [1.807, 2.05) is 6.92 Å². The highest BCUT2D eigenvalue weighted by Crippen LogP contribution is 2.26. The lowest BCUT2D eigenvalue weighted by Gasteiger charge is -2.15. The van der Waals surface area contributed by atoms with Gasteiger partial charge in [-0.25, -0.2) is 0 Å². The topological polar surface area (TPSA) is 35.5 Å². The summed E-state index contributed by atoms with van der Waals surface area (Å²) in [5, 5.41) is 0. The van der Waals surface area contributed by atoms with E-state index in [0.29, 0.717) is 0 Å². The number of hydrogen-bond donors (Lipinski definition) is 0. The van der Waals surface area contributed by atoms with Crippen molar-refractivity contribution in [1.82, 2.24) is 0 Å². The molecule has 58 valence electrons. The van der Waals surface area contributed by atoms with Gasteiger partial charge in [0.25, 0.3) is 0 Å². The number of carbonyl (C=O) groups excluding carboxylic acids is 1. The van der Waals surface area contributed by atoms with Gasteiger partial charge in [-0.2, -0.15) is 0 Å². The van der Waals surface area contributed by atoms with Crippen LogP contribution < -0.4 is 0 Å². The minimum Gasteiger partial charge on any atom is -0.344 e. The minimum atomic E-state index is -0.592. The summed E-state index contributed by atoms with van der Waals surface area (Å²) in [4.78, 5) is 10.3. The Morgan fingerprint density at radius 3 is 2.20 bits per heavy atom. The van der Waals surface area contributed by atoms with Crippen LogP contribution in [0.2, 0.25) is 0 Å². The Labute approximate surface area is 60.3 Å². The molecule has 2 atom stereocenters. The molecule has 1 saturated heterocycles. The van der Waals surface area contributed by atoms with Crippen molar-refractivity contribution in [3.63, 3.8) is 0 Å². The first kappa shape index (κ1) is 7.69. The molecule has 3 nitrogen and oxygen atoms in total. The zero-order chi connectivity index (χ0) is 7.78. The molecule has 1 aliphatic heterocycles. The fraction of sp³-hybridized carbons (Fsp3) is 0.857. The standard InChI is InChI=1S/C7H12O3/c1-5-6(4-8)10-7(2,3)9-5/h4-6H,1-3H3. The van der Waals surface area contributed by atoms with E-state index in [1.165, 1.54) is 0 Å². The average molecular weight is 144 g/mol. The van der Waals surface area contributed by atoms with Crippen molar-refractivity contribution in [2.75, 3.05) is 0 Å². The highest BCUT2D eigenvalue weighted by Gasteiger charge is 2.38. The second kappa shape index (κ2) is 2.32. The molecule has 0 aromatic heterocycles. The highest BCUT2D eigenvalue weighted by atomic mass is 16.8. The van der Waals surface area contributed by atoms with Crippen molar-refractivity contribution in [3.05, 3.63) is 0 Å². The zero-order valence-electron chi connectivity index (χ0n) is 6.46. The monoisotopic (exact) mass is 144 g/mol. The van der Waals surface area contributed by atoms with Crippen LogP contribution in [0, 0.1) is 0 Å². The SMILES string of the molecule is CC1OC(C)(C)OC1C=O. The smallest absolute Gasteiger partial charge is 0.164 e. The first-order valence-electron chi connectivity index (χ1n) is 3.36. The average Bonchev–Trinajstić information content (AvgIpc) is 2.05. The van der Waals surface area contributed by atoms with Crippen LogP contribution in [0.5, 0.6) is 0 Å². The third kappa shape index (κ3) is 1.36. The van der Waals surface area contributed by atoms with E-state index in [9.17, 15) is 4.79 Å². The van der Waals surface area contributed by atoms with Gasteiger partial charge in [-0.3, -0.25) is 0 Å². The molecule has 0 spiro atoms. The zero-order valence-corrected chi connectivity index (χ0v) is 6.46. The second-order valence-corrected chi connectivity index (χ2v) is 2.94. The van der Waals surface area contributed by atoms with Gasteiger partial charge in [-0.1, -0.05) is 0 Å². The molecule has 3 heteroatoms. The Kier molecular flexibility index (Phi) is 1.79. The van der Waals surface area contributed by atoms with Gasteiger partial charge in [0.05, 0.1) is 6.10 Å². The summed E-state index contributed by atoms with van der Waals surface area (Å²) in [5.74, 6) is -0.592. The van der Waals surface area contributed by atoms with Crippen LogP contribution in [0.25, 0.3) is 0 Å². The van der Waals surface area contributed by atoms with Crippen molar-refractivity contribution in [2.24, 2.45) is 0 Å².